The topological polar surface area (TPSA) is 149 Å². The van der Waals surface area contributed by atoms with Gasteiger partial charge in [-0.1, -0.05) is 54.9 Å². The zero-order chi connectivity index (χ0) is 28.7. The van der Waals surface area contributed by atoms with Crippen molar-refractivity contribution in [2.24, 2.45) is 0 Å². The number of hydrogen-bond donors (Lipinski definition) is 2. The molecule has 0 radical (unpaired) electrons. The Bertz CT molecular complexity index is 1920. The van der Waals surface area contributed by atoms with Crippen LogP contribution in [0.15, 0.2) is 60.7 Å². The lowest BCUT2D eigenvalue weighted by Gasteiger charge is -2.10. The van der Waals surface area contributed by atoms with E-state index in [1.54, 1.807) is 19.1 Å². The Hall–Kier alpha value is -3.85. The summed E-state index contributed by atoms with van der Waals surface area (Å²) >= 11 is 6.31. The second-order valence-corrected chi connectivity index (χ2v) is 12.6. The minimum Gasteiger partial charge on any atom is -0.336 e. The van der Waals surface area contributed by atoms with E-state index in [4.69, 9.17) is 11.6 Å². The molecule has 0 aliphatic heterocycles. The molecule has 208 valence electrons. The van der Waals surface area contributed by atoms with E-state index >= 15 is 0 Å². The lowest BCUT2D eigenvalue weighted by atomic mass is 10.1. The molecule has 3 heterocycles. The monoisotopic (exact) mass is 604 g/mol. The highest BCUT2D eigenvalue weighted by atomic mass is 35.5. The average Bonchev–Trinajstić information content (AvgIpc) is 3.49. The molecule has 3 aromatic heterocycles. The van der Waals surface area contributed by atoms with Crippen LogP contribution in [-0.2, 0) is 24.4 Å². The summed E-state index contributed by atoms with van der Waals surface area (Å²) < 4.78 is 69.7. The third-order valence-electron chi connectivity index (χ3n) is 5.70. The highest BCUT2D eigenvalue weighted by molar-refractivity contribution is 7.90. The molecule has 2 aromatic carbocycles. The largest absolute Gasteiger partial charge is 0.336 e. The van der Waals surface area contributed by atoms with Crippen LogP contribution in [0.1, 0.15) is 13.3 Å². The van der Waals surface area contributed by atoms with Crippen molar-refractivity contribution in [3.63, 3.8) is 0 Å². The van der Waals surface area contributed by atoms with E-state index in [-0.39, 0.29) is 51.4 Å². The van der Waals surface area contributed by atoms with Crippen LogP contribution in [-0.4, -0.2) is 52.8 Å². The summed E-state index contributed by atoms with van der Waals surface area (Å²) in [5, 5.41) is 0.147. The van der Waals surface area contributed by atoms with Gasteiger partial charge in [0.2, 0.25) is 16.0 Å². The van der Waals surface area contributed by atoms with E-state index in [0.29, 0.717) is 17.0 Å². The van der Waals surface area contributed by atoms with Gasteiger partial charge in [0.25, 0.3) is 10.1 Å². The maximum Gasteiger partial charge on any atom is 0.285 e. The van der Waals surface area contributed by atoms with E-state index in [9.17, 15) is 21.2 Å². The van der Waals surface area contributed by atoms with Crippen LogP contribution < -0.4 is 5.48 Å². The maximum absolute atomic E-state index is 14.8. The van der Waals surface area contributed by atoms with Gasteiger partial charge in [0.05, 0.1) is 39.7 Å². The van der Waals surface area contributed by atoms with Gasteiger partial charge in [-0.05, 0) is 30.7 Å². The van der Waals surface area contributed by atoms with E-state index in [0.717, 1.165) is 10.2 Å². The van der Waals surface area contributed by atoms with Crippen molar-refractivity contribution in [3.05, 3.63) is 71.5 Å². The number of hydrogen-bond acceptors (Lipinski definition) is 9. The zero-order valence-electron chi connectivity index (χ0n) is 21.1. The number of pyridine rings is 1. The van der Waals surface area contributed by atoms with E-state index in [1.165, 1.54) is 18.2 Å². The predicted molar refractivity (Wildman–Crippen MR) is 150 cm³/mol. The summed E-state index contributed by atoms with van der Waals surface area (Å²) in [6.07, 6.45) is 1.08. The Kier molecular flexibility index (Phi) is 7.35. The molecule has 0 amide bonds. The summed E-state index contributed by atoms with van der Waals surface area (Å²) in [7, 11) is -8.03. The van der Waals surface area contributed by atoms with E-state index < -0.39 is 26.0 Å². The van der Waals surface area contributed by atoms with Crippen LogP contribution >= 0.6 is 11.6 Å². The highest BCUT2D eigenvalue weighted by Gasteiger charge is 2.26. The van der Waals surface area contributed by atoms with Gasteiger partial charge in [-0.2, -0.15) is 12.4 Å². The quantitative estimate of drug-likeness (QED) is 0.225. The molecule has 0 aliphatic rings. The maximum atomic E-state index is 14.8. The zero-order valence-corrected chi connectivity index (χ0v) is 23.5. The fourth-order valence-corrected chi connectivity index (χ4v) is 5.99. The van der Waals surface area contributed by atoms with Crippen LogP contribution in [0.5, 0.6) is 0 Å². The number of nitrogens with zero attached hydrogens (tertiary/aromatic N) is 4. The first kappa shape index (κ1) is 27.7. The molecule has 0 spiro atoms. The van der Waals surface area contributed by atoms with Crippen LogP contribution in [0.3, 0.4) is 0 Å². The Morgan fingerprint density at radius 1 is 1.00 bits per heavy atom. The van der Waals surface area contributed by atoms with Crippen molar-refractivity contribution in [1.29, 1.82) is 0 Å². The summed E-state index contributed by atoms with van der Waals surface area (Å²) in [6.45, 7) is 1.68. The number of anilines is 1. The summed E-state index contributed by atoms with van der Waals surface area (Å²) in [5.41, 5.74) is 3.98. The van der Waals surface area contributed by atoms with Crippen LogP contribution in [0, 0.1) is 5.82 Å². The van der Waals surface area contributed by atoms with Gasteiger partial charge >= 0.3 is 0 Å². The van der Waals surface area contributed by atoms with Crippen LogP contribution in [0.25, 0.3) is 45.2 Å². The van der Waals surface area contributed by atoms with Crippen molar-refractivity contribution < 1.29 is 25.5 Å². The van der Waals surface area contributed by atoms with Gasteiger partial charge in [-0.3, -0.25) is 0 Å². The molecular formula is C25H22ClFN6O5S2. The van der Waals surface area contributed by atoms with Gasteiger partial charge in [-0.25, -0.2) is 33.2 Å². The highest BCUT2D eigenvalue weighted by Crippen LogP contribution is 2.36. The minimum atomic E-state index is -4.04. The van der Waals surface area contributed by atoms with Gasteiger partial charge < -0.3 is 4.98 Å². The summed E-state index contributed by atoms with van der Waals surface area (Å²) in [4.78, 5) is 16.5. The molecule has 15 heteroatoms. The Morgan fingerprint density at radius 2 is 1.75 bits per heavy atom. The SMILES string of the molecule is CCCS(=O)(=O)n1c(NOS(C)(=O)=O)nc2ccc(-c3[nH]c(-c4c(F)cccc4Cl)nc3-c3ccccc3)nc21. The first-order valence-electron chi connectivity index (χ1n) is 11.9. The third-order valence-corrected chi connectivity index (χ3v) is 8.22. The molecule has 0 atom stereocenters. The molecule has 0 saturated heterocycles. The van der Waals surface area contributed by atoms with Crippen molar-refractivity contribution in [2.75, 3.05) is 17.5 Å². The van der Waals surface area contributed by atoms with Crippen molar-refractivity contribution in [2.45, 2.75) is 13.3 Å². The second kappa shape index (κ2) is 10.6. The third kappa shape index (κ3) is 5.43. The molecule has 5 rings (SSSR count). The fraction of sp³-hybridized carbons (Fsp3) is 0.160. The molecule has 40 heavy (non-hydrogen) atoms. The lowest BCUT2D eigenvalue weighted by Crippen LogP contribution is -2.21. The van der Waals surface area contributed by atoms with Gasteiger partial charge in [0.15, 0.2) is 5.65 Å². The molecule has 5 aromatic rings. The average molecular weight is 605 g/mol. The predicted octanol–water partition coefficient (Wildman–Crippen LogP) is 4.84. The summed E-state index contributed by atoms with van der Waals surface area (Å²) in [6, 6.07) is 16.5. The molecule has 0 aliphatic carbocycles. The number of H-pyrrole nitrogens is 1. The number of aromatic amines is 1. The standard InChI is InChI=1S/C25H22ClFN6O5S2/c1-3-14-40(36,37)33-24-19(29-25(33)32-38-39(2,34)35)13-12-18(28-24)22-21(15-8-5-4-6-9-15)30-23(31-22)20-16(26)10-7-11-17(20)27/h4-13H,3,14H2,1-2H3,(H,29,32)(H,30,31). The first-order valence-corrected chi connectivity index (χ1v) is 15.7. The second-order valence-electron chi connectivity index (χ2n) is 8.72. The number of fused-ring (bicyclic) bond motifs is 1. The fourth-order valence-electron chi connectivity index (χ4n) is 4.07. The summed E-state index contributed by atoms with van der Waals surface area (Å²) in [5.74, 6) is -1.09. The Labute approximate surface area is 234 Å². The Morgan fingerprint density at radius 3 is 2.42 bits per heavy atom. The number of imidazole rings is 2. The smallest absolute Gasteiger partial charge is 0.285 e. The van der Waals surface area contributed by atoms with Gasteiger partial charge in [0.1, 0.15) is 17.2 Å². The van der Waals surface area contributed by atoms with Crippen LogP contribution in [0.4, 0.5) is 10.3 Å². The molecule has 0 unspecified atom stereocenters. The van der Waals surface area contributed by atoms with Crippen molar-refractivity contribution >= 4 is 48.9 Å². The first-order chi connectivity index (χ1) is 19.0. The number of nitrogens with one attached hydrogen (secondary N) is 2. The lowest BCUT2D eigenvalue weighted by molar-refractivity contribution is 0.391. The van der Waals surface area contributed by atoms with Crippen molar-refractivity contribution in [1.82, 2.24) is 23.9 Å². The van der Waals surface area contributed by atoms with E-state index in [2.05, 4.69) is 29.7 Å². The number of aromatic nitrogens is 5. The van der Waals surface area contributed by atoms with Crippen LogP contribution in [0.2, 0.25) is 5.02 Å². The molecule has 2 N–H and O–H groups in total. The van der Waals surface area contributed by atoms with Gasteiger partial charge in [-0.15, -0.1) is 4.28 Å². The normalized spacial score (nSPS) is 12.2. The minimum absolute atomic E-state index is 0.0636. The van der Waals surface area contributed by atoms with Crippen molar-refractivity contribution in [3.8, 4) is 34.0 Å². The Balaban J connectivity index is 1.74. The molecular weight excluding hydrogens is 583 g/mol. The molecule has 0 bridgehead atoms. The molecule has 0 fully saturated rings. The van der Waals surface area contributed by atoms with Gasteiger partial charge in [0, 0.05) is 5.56 Å². The number of benzene rings is 2. The number of rotatable bonds is 9. The molecule has 0 saturated carbocycles. The van der Waals surface area contributed by atoms with E-state index in [1.807, 2.05) is 30.3 Å². The molecule has 11 nitrogen and oxygen atoms in total. The number of halogens is 2.